The quantitative estimate of drug-likeness (QED) is 0.438. The van der Waals surface area contributed by atoms with Gasteiger partial charge in [-0.15, -0.1) is 0 Å². The van der Waals surface area contributed by atoms with Crippen molar-refractivity contribution in [2.45, 2.75) is 20.8 Å². The monoisotopic (exact) mass is 289 g/mol. The maximum absolute atomic E-state index is 11.6. The lowest BCUT2D eigenvalue weighted by atomic mass is 10.1. The molecule has 21 heavy (non-hydrogen) atoms. The topological polar surface area (TPSA) is 68.6 Å². The van der Waals surface area contributed by atoms with E-state index in [2.05, 4.69) is 0 Å². The van der Waals surface area contributed by atoms with E-state index in [1.165, 1.54) is 6.08 Å². The Morgan fingerprint density at radius 1 is 1.14 bits per heavy atom. The molecule has 0 saturated heterocycles. The van der Waals surface area contributed by atoms with E-state index in [-0.39, 0.29) is 12.2 Å². The Bertz CT molecular complexity index is 558. The zero-order valence-corrected chi connectivity index (χ0v) is 12.5. The van der Waals surface area contributed by atoms with Gasteiger partial charge in [0.15, 0.2) is 11.5 Å². The lowest BCUT2D eigenvalue weighted by Gasteiger charge is -2.11. The largest absolute Gasteiger partial charge is 0.490 e. The predicted octanol–water partition coefficient (Wildman–Crippen LogP) is 2.95. The highest BCUT2D eigenvalue weighted by Gasteiger charge is 2.11. The summed E-state index contributed by atoms with van der Waals surface area (Å²) in [6.45, 7) is 6.70. The van der Waals surface area contributed by atoms with Gasteiger partial charge >= 0.3 is 5.97 Å². The van der Waals surface area contributed by atoms with Crippen LogP contribution in [0.15, 0.2) is 23.8 Å². The van der Waals surface area contributed by atoms with Crippen LogP contribution in [0.4, 0.5) is 0 Å². The van der Waals surface area contributed by atoms with Crippen molar-refractivity contribution in [2.24, 2.45) is 0 Å². The van der Waals surface area contributed by atoms with Gasteiger partial charge in [0.2, 0.25) is 0 Å². The highest BCUT2D eigenvalue weighted by Crippen LogP contribution is 2.29. The highest BCUT2D eigenvalue weighted by atomic mass is 16.5. The van der Waals surface area contributed by atoms with Crippen molar-refractivity contribution in [2.75, 3.05) is 19.8 Å². The molecule has 0 saturated carbocycles. The molecule has 0 heterocycles. The van der Waals surface area contributed by atoms with Crippen LogP contribution in [0.2, 0.25) is 0 Å². The molecule has 0 aliphatic carbocycles. The summed E-state index contributed by atoms with van der Waals surface area (Å²) >= 11 is 0. The average molecular weight is 289 g/mol. The van der Waals surface area contributed by atoms with E-state index in [0.29, 0.717) is 30.3 Å². The summed E-state index contributed by atoms with van der Waals surface area (Å²) in [5, 5.41) is 9.02. The van der Waals surface area contributed by atoms with E-state index >= 15 is 0 Å². The molecule has 0 unspecified atom stereocenters. The third-order valence-electron chi connectivity index (χ3n) is 2.49. The summed E-state index contributed by atoms with van der Waals surface area (Å²) in [5.74, 6) is 0.576. The summed E-state index contributed by atoms with van der Waals surface area (Å²) in [6, 6.07) is 7.07. The molecule has 0 fully saturated rings. The third kappa shape index (κ3) is 4.84. The van der Waals surface area contributed by atoms with Gasteiger partial charge in [0, 0.05) is 0 Å². The zero-order valence-electron chi connectivity index (χ0n) is 12.5. The van der Waals surface area contributed by atoms with Gasteiger partial charge in [0.1, 0.15) is 11.6 Å². The Hall–Kier alpha value is -2.48. The van der Waals surface area contributed by atoms with Crippen molar-refractivity contribution in [3.8, 4) is 17.6 Å². The normalized spacial score (nSPS) is 10.7. The van der Waals surface area contributed by atoms with Crippen LogP contribution in [0, 0.1) is 11.3 Å². The van der Waals surface area contributed by atoms with Crippen LogP contribution in [-0.4, -0.2) is 25.8 Å². The summed E-state index contributed by atoms with van der Waals surface area (Å²) in [5.41, 5.74) is 0.620. The van der Waals surface area contributed by atoms with Crippen molar-refractivity contribution < 1.29 is 19.0 Å². The van der Waals surface area contributed by atoms with Gasteiger partial charge in [-0.05, 0) is 44.5 Å². The molecule has 0 aliphatic rings. The van der Waals surface area contributed by atoms with Crippen LogP contribution in [0.5, 0.6) is 11.5 Å². The molecule has 0 amide bonds. The molecular weight excluding hydrogens is 270 g/mol. The summed E-state index contributed by atoms with van der Waals surface area (Å²) in [6.07, 6.45) is 1.47. The van der Waals surface area contributed by atoms with Gasteiger partial charge in [-0.25, -0.2) is 4.79 Å². The molecule has 0 N–H and O–H groups in total. The summed E-state index contributed by atoms with van der Waals surface area (Å²) < 4.78 is 15.8. The molecule has 5 nitrogen and oxygen atoms in total. The molecule has 1 aromatic carbocycles. The average Bonchev–Trinajstić information content (AvgIpc) is 2.48. The maximum Gasteiger partial charge on any atom is 0.348 e. The van der Waals surface area contributed by atoms with Crippen molar-refractivity contribution in [1.29, 1.82) is 5.26 Å². The van der Waals surface area contributed by atoms with Crippen molar-refractivity contribution in [3.63, 3.8) is 0 Å². The van der Waals surface area contributed by atoms with Gasteiger partial charge in [0.05, 0.1) is 19.8 Å². The Kier molecular flexibility index (Phi) is 6.82. The number of esters is 1. The lowest BCUT2D eigenvalue weighted by molar-refractivity contribution is -0.137. The number of nitrogens with zero attached hydrogens (tertiary/aromatic N) is 1. The number of carbonyl (C=O) groups is 1. The molecule has 0 spiro atoms. The Morgan fingerprint density at radius 2 is 1.81 bits per heavy atom. The van der Waals surface area contributed by atoms with Crippen LogP contribution in [0.25, 0.3) is 6.08 Å². The second-order valence-corrected chi connectivity index (χ2v) is 3.96. The molecule has 0 aliphatic heterocycles. The standard InChI is InChI=1S/C16H19NO4/c1-4-19-14-8-7-12(10-15(14)20-5-2)9-13(11-17)16(18)21-6-3/h7-10H,4-6H2,1-3H3/b13-9+. The second-order valence-electron chi connectivity index (χ2n) is 3.96. The fraction of sp³-hybridized carbons (Fsp3) is 0.375. The van der Waals surface area contributed by atoms with Crippen LogP contribution < -0.4 is 9.47 Å². The van der Waals surface area contributed by atoms with Crippen LogP contribution in [0.3, 0.4) is 0 Å². The minimum atomic E-state index is -0.633. The molecule has 112 valence electrons. The first-order valence-electron chi connectivity index (χ1n) is 6.84. The smallest absolute Gasteiger partial charge is 0.348 e. The van der Waals surface area contributed by atoms with E-state index in [4.69, 9.17) is 19.5 Å². The lowest BCUT2D eigenvalue weighted by Crippen LogP contribution is -2.06. The number of carbonyl (C=O) groups excluding carboxylic acids is 1. The van der Waals surface area contributed by atoms with E-state index in [0.717, 1.165) is 0 Å². The Labute approximate surface area is 124 Å². The molecule has 0 atom stereocenters. The Morgan fingerprint density at radius 3 is 2.38 bits per heavy atom. The molecule has 0 radical (unpaired) electrons. The SMILES string of the molecule is CCOC(=O)/C(C#N)=C/c1ccc(OCC)c(OCC)c1. The summed E-state index contributed by atoms with van der Waals surface area (Å²) in [4.78, 5) is 11.6. The van der Waals surface area contributed by atoms with E-state index in [9.17, 15) is 4.79 Å². The first-order valence-corrected chi connectivity index (χ1v) is 6.84. The first-order chi connectivity index (χ1) is 10.2. The molecule has 1 rings (SSSR count). The van der Waals surface area contributed by atoms with E-state index in [1.54, 1.807) is 25.1 Å². The maximum atomic E-state index is 11.6. The van der Waals surface area contributed by atoms with Gasteiger partial charge in [-0.1, -0.05) is 6.07 Å². The van der Waals surface area contributed by atoms with Crippen LogP contribution in [0.1, 0.15) is 26.3 Å². The van der Waals surface area contributed by atoms with Crippen molar-refractivity contribution in [3.05, 3.63) is 29.3 Å². The number of hydrogen-bond acceptors (Lipinski definition) is 5. The van der Waals surface area contributed by atoms with Gasteiger partial charge < -0.3 is 14.2 Å². The molecule has 1 aromatic rings. The van der Waals surface area contributed by atoms with E-state index < -0.39 is 5.97 Å². The number of nitriles is 1. The van der Waals surface area contributed by atoms with E-state index in [1.807, 2.05) is 19.9 Å². The molecular formula is C16H19NO4. The molecule has 0 bridgehead atoms. The Balaban J connectivity index is 3.10. The third-order valence-corrected chi connectivity index (χ3v) is 2.49. The first kappa shape index (κ1) is 16.6. The zero-order chi connectivity index (χ0) is 15.7. The minimum absolute atomic E-state index is 0.0524. The minimum Gasteiger partial charge on any atom is -0.490 e. The molecule has 0 aromatic heterocycles. The van der Waals surface area contributed by atoms with Gasteiger partial charge in [0.25, 0.3) is 0 Å². The number of benzene rings is 1. The fourth-order valence-electron chi connectivity index (χ4n) is 1.67. The van der Waals surface area contributed by atoms with Gasteiger partial charge in [-0.2, -0.15) is 5.26 Å². The predicted molar refractivity (Wildman–Crippen MR) is 79.0 cm³/mol. The van der Waals surface area contributed by atoms with Crippen molar-refractivity contribution >= 4 is 12.0 Å². The summed E-state index contributed by atoms with van der Waals surface area (Å²) in [7, 11) is 0. The number of hydrogen-bond donors (Lipinski definition) is 0. The molecule has 5 heteroatoms. The number of rotatable bonds is 7. The second kappa shape index (κ2) is 8.64. The number of ether oxygens (including phenoxy) is 3. The highest BCUT2D eigenvalue weighted by molar-refractivity contribution is 5.97. The fourth-order valence-corrected chi connectivity index (χ4v) is 1.67. The van der Waals surface area contributed by atoms with Gasteiger partial charge in [-0.3, -0.25) is 0 Å². The van der Waals surface area contributed by atoms with Crippen LogP contribution >= 0.6 is 0 Å². The van der Waals surface area contributed by atoms with Crippen LogP contribution in [-0.2, 0) is 9.53 Å². The van der Waals surface area contributed by atoms with Crippen molar-refractivity contribution in [1.82, 2.24) is 0 Å².